The van der Waals surface area contributed by atoms with Gasteiger partial charge >= 0.3 is 6.09 Å². The lowest BCUT2D eigenvalue weighted by Gasteiger charge is -2.30. The highest BCUT2D eigenvalue weighted by molar-refractivity contribution is 7.85. The van der Waals surface area contributed by atoms with Gasteiger partial charge in [-0.3, -0.25) is 0 Å². The van der Waals surface area contributed by atoms with E-state index in [0.29, 0.717) is 28.6 Å². The number of ether oxygens (including phenoxy) is 2. The molecule has 1 amide bonds. The highest BCUT2D eigenvalue weighted by Gasteiger charge is 2.26. The summed E-state index contributed by atoms with van der Waals surface area (Å²) in [5, 5.41) is 6.40. The van der Waals surface area contributed by atoms with Crippen LogP contribution in [0.3, 0.4) is 0 Å². The van der Waals surface area contributed by atoms with E-state index in [1.54, 1.807) is 18.3 Å². The second-order valence-electron chi connectivity index (χ2n) is 10.1. The normalized spacial score (nSPS) is 17.9. The van der Waals surface area contributed by atoms with Gasteiger partial charge in [0.05, 0.1) is 16.6 Å². The van der Waals surface area contributed by atoms with Crippen molar-refractivity contribution in [2.45, 2.75) is 64.2 Å². The Morgan fingerprint density at radius 3 is 2.59 bits per heavy atom. The van der Waals surface area contributed by atoms with Crippen molar-refractivity contribution in [2.24, 2.45) is 4.36 Å². The first-order valence-electron chi connectivity index (χ1n) is 12.2. The summed E-state index contributed by atoms with van der Waals surface area (Å²) in [6.07, 6.45) is 9.55. The number of carbonyl (C=O) groups excluding carboxylic acids is 1. The molecular weight excluding hydrogens is 495 g/mol. The molecule has 1 aliphatic carbocycles. The molecule has 37 heavy (non-hydrogen) atoms. The number of hydrogen-bond donors (Lipinski definition) is 2. The van der Waals surface area contributed by atoms with Crippen LogP contribution in [0.15, 0.2) is 41.2 Å². The molecule has 0 unspecified atom stereocenters. The fraction of sp³-hybridized carbons (Fsp3) is 0.462. The van der Waals surface area contributed by atoms with Crippen molar-refractivity contribution in [1.82, 2.24) is 20.3 Å². The Hall–Kier alpha value is -3.34. The average Bonchev–Trinajstić information content (AvgIpc) is 2.80. The van der Waals surface area contributed by atoms with Crippen molar-refractivity contribution in [3.8, 4) is 5.88 Å². The van der Waals surface area contributed by atoms with Gasteiger partial charge in [0.2, 0.25) is 5.88 Å². The smallest absolute Gasteiger partial charge is 0.407 e. The number of rotatable bonds is 6. The van der Waals surface area contributed by atoms with Crippen LogP contribution in [0.4, 0.5) is 26.4 Å². The van der Waals surface area contributed by atoms with Crippen LogP contribution >= 0.6 is 0 Å². The molecule has 0 atom stereocenters. The predicted molar refractivity (Wildman–Crippen MR) is 144 cm³/mol. The molecular formula is C26H33FN6O3S. The second kappa shape index (κ2) is 11.4. The molecule has 11 heteroatoms. The van der Waals surface area contributed by atoms with Crippen molar-refractivity contribution in [1.29, 1.82) is 0 Å². The summed E-state index contributed by atoms with van der Waals surface area (Å²) in [7, 11) is -0.224. The van der Waals surface area contributed by atoms with Gasteiger partial charge in [0, 0.05) is 18.3 Å². The van der Waals surface area contributed by atoms with Crippen LogP contribution in [0.1, 0.15) is 46.5 Å². The number of hydrogen-bond acceptors (Lipinski definition) is 8. The zero-order valence-corrected chi connectivity index (χ0v) is 22.6. The minimum atomic E-state index is -0.531. The van der Waals surface area contributed by atoms with Gasteiger partial charge in [0.25, 0.3) is 0 Å². The number of benzene rings is 1. The number of alkyl carbamates (subject to hydrolysis) is 1. The standard InChI is InChI=1S/C26H33FN6O3S/c1-26(2,3)36-25(34)31-16-8-10-18(11-9-16)35-24-20(7-6-12-28-24)32-23-22-19(27)13-17(33-37(4)5)14-21(22)29-15-30-23/h6-7,12-16,18H,8-11H2,1-5H3,(H,31,34)(H,29,30,32). The Morgan fingerprint density at radius 1 is 1.14 bits per heavy atom. The summed E-state index contributed by atoms with van der Waals surface area (Å²) in [6, 6.07) is 6.78. The third-order valence-corrected chi connectivity index (χ3v) is 6.24. The molecule has 2 aromatic heterocycles. The summed E-state index contributed by atoms with van der Waals surface area (Å²) < 4.78 is 31.1. The van der Waals surface area contributed by atoms with E-state index in [-0.39, 0.29) is 28.2 Å². The lowest BCUT2D eigenvalue weighted by Crippen LogP contribution is -2.42. The van der Waals surface area contributed by atoms with Gasteiger partial charge in [-0.05, 0) is 77.2 Å². The Labute approximate surface area is 218 Å². The first-order valence-corrected chi connectivity index (χ1v) is 14.2. The Kier molecular flexibility index (Phi) is 8.21. The topological polar surface area (TPSA) is 111 Å². The number of amides is 1. The molecule has 0 bridgehead atoms. The number of nitrogens with one attached hydrogen (secondary N) is 2. The fourth-order valence-electron chi connectivity index (χ4n) is 4.15. The number of carbonyl (C=O) groups is 1. The second-order valence-corrected chi connectivity index (χ2v) is 11.9. The van der Waals surface area contributed by atoms with Crippen LogP contribution in [0.2, 0.25) is 0 Å². The highest BCUT2D eigenvalue weighted by atomic mass is 32.2. The number of halogens is 1. The van der Waals surface area contributed by atoms with Crippen LogP contribution in [-0.4, -0.2) is 51.3 Å². The molecule has 1 aromatic carbocycles. The van der Waals surface area contributed by atoms with E-state index in [1.807, 2.05) is 39.3 Å². The van der Waals surface area contributed by atoms with Crippen molar-refractivity contribution in [3.05, 3.63) is 42.6 Å². The molecule has 0 aliphatic heterocycles. The maximum Gasteiger partial charge on any atom is 0.407 e. The number of anilines is 2. The van der Waals surface area contributed by atoms with E-state index in [9.17, 15) is 4.79 Å². The van der Waals surface area contributed by atoms with Gasteiger partial charge in [-0.2, -0.15) is 0 Å². The van der Waals surface area contributed by atoms with Crippen LogP contribution < -0.4 is 15.4 Å². The first-order chi connectivity index (χ1) is 17.6. The van der Waals surface area contributed by atoms with Gasteiger partial charge in [-0.15, -0.1) is 10.7 Å². The zero-order valence-electron chi connectivity index (χ0n) is 21.7. The molecule has 1 saturated carbocycles. The number of fused-ring (bicyclic) bond motifs is 1. The summed E-state index contributed by atoms with van der Waals surface area (Å²) in [5.41, 5.74) is 1.05. The molecule has 1 fully saturated rings. The lowest BCUT2D eigenvalue weighted by molar-refractivity contribution is 0.0469. The van der Waals surface area contributed by atoms with Gasteiger partial charge in [0.1, 0.15) is 35.4 Å². The highest BCUT2D eigenvalue weighted by Crippen LogP contribution is 2.33. The molecule has 2 heterocycles. The quantitative estimate of drug-likeness (QED) is 0.415. The van der Waals surface area contributed by atoms with Gasteiger partial charge in [-0.1, -0.05) is 0 Å². The SMILES string of the molecule is CS(C)=Nc1cc(F)c2c(Nc3cccnc3OC3CCC(NC(=O)OC(C)(C)C)CC3)ncnc2c1. The Bertz CT molecular complexity index is 1300. The Morgan fingerprint density at radius 2 is 1.89 bits per heavy atom. The van der Waals surface area contributed by atoms with Crippen LogP contribution in [-0.2, 0) is 15.4 Å². The maximum absolute atomic E-state index is 15.1. The lowest BCUT2D eigenvalue weighted by atomic mass is 9.93. The predicted octanol–water partition coefficient (Wildman–Crippen LogP) is 5.82. The molecule has 3 aromatic rings. The van der Waals surface area contributed by atoms with Crippen LogP contribution in [0, 0.1) is 5.82 Å². The Balaban J connectivity index is 1.45. The molecule has 9 nitrogen and oxygen atoms in total. The van der Waals surface area contributed by atoms with E-state index in [0.717, 1.165) is 25.7 Å². The van der Waals surface area contributed by atoms with Gasteiger partial charge in [-0.25, -0.2) is 28.5 Å². The van der Waals surface area contributed by atoms with E-state index < -0.39 is 17.5 Å². The molecule has 0 saturated heterocycles. The zero-order chi connectivity index (χ0) is 26.6. The van der Waals surface area contributed by atoms with Crippen LogP contribution in [0.5, 0.6) is 5.88 Å². The van der Waals surface area contributed by atoms with Crippen molar-refractivity contribution in [3.63, 3.8) is 0 Å². The monoisotopic (exact) mass is 528 g/mol. The van der Waals surface area contributed by atoms with E-state index in [2.05, 4.69) is 29.9 Å². The minimum Gasteiger partial charge on any atom is -0.473 e. The summed E-state index contributed by atoms with van der Waals surface area (Å²) in [5.74, 6) is 0.280. The minimum absolute atomic E-state index is 0.0410. The third-order valence-electron chi connectivity index (χ3n) is 5.66. The van der Waals surface area contributed by atoms with E-state index in [1.165, 1.54) is 12.4 Å². The fourth-order valence-corrected chi connectivity index (χ4v) is 4.68. The summed E-state index contributed by atoms with van der Waals surface area (Å²) >= 11 is 0. The van der Waals surface area contributed by atoms with Crippen LogP contribution in [0.25, 0.3) is 10.9 Å². The number of nitrogens with zero attached hydrogens (tertiary/aromatic N) is 4. The molecule has 0 spiro atoms. The average molecular weight is 529 g/mol. The van der Waals surface area contributed by atoms with Gasteiger partial charge < -0.3 is 20.1 Å². The molecule has 1 aliphatic rings. The molecule has 4 rings (SSSR count). The van der Waals surface area contributed by atoms with E-state index >= 15 is 4.39 Å². The number of aromatic nitrogens is 3. The van der Waals surface area contributed by atoms with Crippen molar-refractivity contribution < 1.29 is 18.7 Å². The molecule has 198 valence electrons. The van der Waals surface area contributed by atoms with Gasteiger partial charge in [0.15, 0.2) is 0 Å². The molecule has 2 N–H and O–H groups in total. The summed E-state index contributed by atoms with van der Waals surface area (Å²) in [6.45, 7) is 5.53. The molecule has 0 radical (unpaired) electrons. The number of pyridine rings is 1. The van der Waals surface area contributed by atoms with Crippen molar-refractivity contribution >= 4 is 44.9 Å². The first kappa shape index (κ1) is 26.7. The largest absolute Gasteiger partial charge is 0.473 e. The maximum atomic E-state index is 15.1. The summed E-state index contributed by atoms with van der Waals surface area (Å²) in [4.78, 5) is 25.0. The third kappa shape index (κ3) is 7.34. The van der Waals surface area contributed by atoms with Crippen molar-refractivity contribution in [2.75, 3.05) is 17.8 Å². The van der Waals surface area contributed by atoms with E-state index in [4.69, 9.17) is 9.47 Å².